The van der Waals surface area contributed by atoms with Gasteiger partial charge in [-0.15, -0.1) is 0 Å². The van der Waals surface area contributed by atoms with Gasteiger partial charge in [0.2, 0.25) is 0 Å². The first kappa shape index (κ1) is 16.4. The Hall–Kier alpha value is -0.980. The van der Waals surface area contributed by atoms with E-state index >= 15 is 0 Å². The van der Waals surface area contributed by atoms with Crippen molar-refractivity contribution in [3.05, 3.63) is 29.8 Å². The summed E-state index contributed by atoms with van der Waals surface area (Å²) in [5.41, 5.74) is 3.25. The van der Waals surface area contributed by atoms with Gasteiger partial charge in [-0.05, 0) is 60.6 Å². The monoisotopic (exact) mass is 287 g/mol. The van der Waals surface area contributed by atoms with Crippen molar-refractivity contribution in [2.45, 2.75) is 78.7 Å². The second-order valence-corrected chi connectivity index (χ2v) is 7.82. The summed E-state index contributed by atoms with van der Waals surface area (Å²) >= 11 is 0. The summed E-state index contributed by atoms with van der Waals surface area (Å²) in [6.07, 6.45) is 6.69. The highest BCUT2D eigenvalue weighted by Gasteiger charge is 2.31. The molecule has 0 unspecified atom stereocenters. The van der Waals surface area contributed by atoms with Crippen LogP contribution in [0.1, 0.15) is 78.2 Å². The summed E-state index contributed by atoms with van der Waals surface area (Å²) in [7, 11) is 0. The zero-order valence-electron chi connectivity index (χ0n) is 14.6. The van der Waals surface area contributed by atoms with Crippen LogP contribution in [0.2, 0.25) is 0 Å². The lowest BCUT2D eigenvalue weighted by Crippen LogP contribution is -2.32. The fourth-order valence-electron chi connectivity index (χ4n) is 3.53. The molecule has 0 saturated heterocycles. The Morgan fingerprint density at radius 1 is 1.14 bits per heavy atom. The van der Waals surface area contributed by atoms with E-state index in [2.05, 4.69) is 64.2 Å². The summed E-state index contributed by atoms with van der Waals surface area (Å²) in [4.78, 5) is 0. The molecule has 2 rings (SSSR count). The molecule has 1 fully saturated rings. The van der Waals surface area contributed by atoms with Gasteiger partial charge in [-0.2, -0.15) is 0 Å². The first-order valence-electron chi connectivity index (χ1n) is 8.79. The predicted molar refractivity (Wildman–Crippen MR) is 94.0 cm³/mol. The Kier molecular flexibility index (Phi) is 5.35. The summed E-state index contributed by atoms with van der Waals surface area (Å²) in [5, 5.41) is 3.77. The van der Waals surface area contributed by atoms with Crippen molar-refractivity contribution in [1.82, 2.24) is 0 Å². The zero-order valence-corrected chi connectivity index (χ0v) is 14.6. The lowest BCUT2D eigenvalue weighted by molar-refractivity contribution is 0.147. The Labute approximate surface area is 131 Å². The van der Waals surface area contributed by atoms with Gasteiger partial charge in [0, 0.05) is 11.7 Å². The minimum Gasteiger partial charge on any atom is -0.382 e. The number of benzene rings is 1. The van der Waals surface area contributed by atoms with Crippen LogP contribution < -0.4 is 5.32 Å². The van der Waals surface area contributed by atoms with Crippen molar-refractivity contribution >= 4 is 5.69 Å². The molecule has 1 heteroatoms. The van der Waals surface area contributed by atoms with Crippen LogP contribution in [0.3, 0.4) is 0 Å². The highest BCUT2D eigenvalue weighted by atomic mass is 14.9. The van der Waals surface area contributed by atoms with Crippen LogP contribution >= 0.6 is 0 Å². The number of anilines is 1. The van der Waals surface area contributed by atoms with Crippen molar-refractivity contribution in [1.29, 1.82) is 0 Å². The van der Waals surface area contributed by atoms with E-state index in [4.69, 9.17) is 0 Å². The molecule has 1 N–H and O–H groups in total. The highest BCUT2D eigenvalue weighted by Crippen LogP contribution is 2.40. The molecule has 1 nitrogen and oxygen atoms in total. The number of rotatable bonds is 5. The van der Waals surface area contributed by atoms with Crippen LogP contribution in [0, 0.1) is 11.3 Å². The Morgan fingerprint density at radius 2 is 1.81 bits per heavy atom. The first-order chi connectivity index (χ1) is 9.92. The van der Waals surface area contributed by atoms with Gasteiger partial charge in [0.1, 0.15) is 0 Å². The van der Waals surface area contributed by atoms with Gasteiger partial charge in [0.25, 0.3) is 0 Å². The number of nitrogens with one attached hydrogen (secondary N) is 1. The van der Waals surface area contributed by atoms with Crippen LogP contribution in [0.4, 0.5) is 5.69 Å². The standard InChI is InChI=1S/C20H33N/c1-6-20(4,5)17-10-12-18(13-11-17)21-19-9-7-8-16(14-19)15(2)3/h7-9,14-15,17-18,21H,6,10-13H2,1-5H3. The average molecular weight is 287 g/mol. The van der Waals surface area contributed by atoms with E-state index in [1.54, 1.807) is 0 Å². The molecule has 118 valence electrons. The maximum atomic E-state index is 3.77. The van der Waals surface area contributed by atoms with Gasteiger partial charge in [0.15, 0.2) is 0 Å². The largest absolute Gasteiger partial charge is 0.382 e. The molecule has 1 aliphatic rings. The van der Waals surface area contributed by atoms with Crippen molar-refractivity contribution in [3.63, 3.8) is 0 Å². The van der Waals surface area contributed by atoms with E-state index in [0.29, 0.717) is 17.4 Å². The molecule has 0 aliphatic heterocycles. The average Bonchev–Trinajstić information content (AvgIpc) is 2.48. The van der Waals surface area contributed by atoms with Gasteiger partial charge in [-0.3, -0.25) is 0 Å². The van der Waals surface area contributed by atoms with E-state index in [-0.39, 0.29) is 0 Å². The first-order valence-corrected chi connectivity index (χ1v) is 8.79. The molecule has 1 saturated carbocycles. The van der Waals surface area contributed by atoms with Crippen LogP contribution in [-0.4, -0.2) is 6.04 Å². The van der Waals surface area contributed by atoms with E-state index in [1.807, 2.05) is 0 Å². The maximum absolute atomic E-state index is 3.77. The predicted octanol–water partition coefficient (Wildman–Crippen LogP) is 6.22. The van der Waals surface area contributed by atoms with Crippen molar-refractivity contribution in [2.75, 3.05) is 5.32 Å². The molecule has 21 heavy (non-hydrogen) atoms. The zero-order chi connectivity index (χ0) is 15.5. The third-order valence-electron chi connectivity index (χ3n) is 5.67. The normalized spacial score (nSPS) is 23.3. The molecule has 1 aliphatic carbocycles. The summed E-state index contributed by atoms with van der Waals surface area (Å²) in [6, 6.07) is 9.62. The molecule has 0 spiro atoms. The Bertz CT molecular complexity index is 439. The van der Waals surface area contributed by atoms with Gasteiger partial charge >= 0.3 is 0 Å². The van der Waals surface area contributed by atoms with Crippen LogP contribution in [0.5, 0.6) is 0 Å². The topological polar surface area (TPSA) is 12.0 Å². The number of hydrogen-bond donors (Lipinski definition) is 1. The second-order valence-electron chi connectivity index (χ2n) is 7.82. The van der Waals surface area contributed by atoms with Crippen LogP contribution in [0.25, 0.3) is 0 Å². The summed E-state index contributed by atoms with van der Waals surface area (Å²) < 4.78 is 0. The van der Waals surface area contributed by atoms with E-state index in [1.165, 1.54) is 43.4 Å². The van der Waals surface area contributed by atoms with Crippen molar-refractivity contribution in [2.24, 2.45) is 11.3 Å². The van der Waals surface area contributed by atoms with E-state index in [0.717, 1.165) is 5.92 Å². The molecule has 0 atom stereocenters. The van der Waals surface area contributed by atoms with Crippen LogP contribution in [-0.2, 0) is 0 Å². The molecule has 0 aromatic heterocycles. The lowest BCUT2D eigenvalue weighted by atomic mass is 9.69. The molecule has 0 bridgehead atoms. The van der Waals surface area contributed by atoms with E-state index < -0.39 is 0 Å². The van der Waals surface area contributed by atoms with Gasteiger partial charge < -0.3 is 5.32 Å². The van der Waals surface area contributed by atoms with Crippen molar-refractivity contribution < 1.29 is 0 Å². The minimum absolute atomic E-state index is 0.516. The fourth-order valence-corrected chi connectivity index (χ4v) is 3.53. The molecule has 0 heterocycles. The smallest absolute Gasteiger partial charge is 0.0345 e. The Morgan fingerprint density at radius 3 is 2.38 bits per heavy atom. The van der Waals surface area contributed by atoms with Gasteiger partial charge in [-0.1, -0.05) is 53.2 Å². The SMILES string of the molecule is CCC(C)(C)C1CCC(Nc2cccc(C(C)C)c2)CC1. The minimum atomic E-state index is 0.516. The number of hydrogen-bond acceptors (Lipinski definition) is 1. The molecular formula is C20H33N. The van der Waals surface area contributed by atoms with Gasteiger partial charge in [-0.25, -0.2) is 0 Å². The molecule has 1 aromatic carbocycles. The Balaban J connectivity index is 1.90. The van der Waals surface area contributed by atoms with Gasteiger partial charge in [0.05, 0.1) is 0 Å². The summed E-state index contributed by atoms with van der Waals surface area (Å²) in [5.74, 6) is 1.51. The molecular weight excluding hydrogens is 254 g/mol. The highest BCUT2D eigenvalue weighted by molar-refractivity contribution is 5.47. The molecule has 0 amide bonds. The third-order valence-corrected chi connectivity index (χ3v) is 5.67. The lowest BCUT2D eigenvalue weighted by Gasteiger charge is -2.39. The van der Waals surface area contributed by atoms with Crippen LogP contribution in [0.15, 0.2) is 24.3 Å². The maximum Gasteiger partial charge on any atom is 0.0345 e. The second kappa shape index (κ2) is 6.85. The quantitative estimate of drug-likeness (QED) is 0.678. The molecule has 1 aromatic rings. The fraction of sp³-hybridized carbons (Fsp3) is 0.700. The summed E-state index contributed by atoms with van der Waals surface area (Å²) in [6.45, 7) is 11.7. The van der Waals surface area contributed by atoms with E-state index in [9.17, 15) is 0 Å². The third kappa shape index (κ3) is 4.25. The molecule has 0 radical (unpaired) electrons. The van der Waals surface area contributed by atoms with Crippen molar-refractivity contribution in [3.8, 4) is 0 Å².